The second kappa shape index (κ2) is 9.63. The number of rotatable bonds is 6. The largest absolute Gasteiger partial charge is 0.462 e. The second-order valence-electron chi connectivity index (χ2n) is 6.90. The Labute approximate surface area is 189 Å². The predicted molar refractivity (Wildman–Crippen MR) is 115 cm³/mol. The van der Waals surface area contributed by atoms with Crippen molar-refractivity contribution in [2.24, 2.45) is 0 Å². The molecule has 0 aliphatic carbocycles. The Hall–Kier alpha value is -3.02. The lowest BCUT2D eigenvalue weighted by Gasteiger charge is -2.34. The molecule has 0 aromatic heterocycles. The molecule has 3 rings (SSSR count). The van der Waals surface area contributed by atoms with Gasteiger partial charge in [-0.2, -0.15) is 4.31 Å². The summed E-state index contributed by atoms with van der Waals surface area (Å²) < 4.78 is 31.7. The number of nitro benzene ring substituents is 1. The van der Waals surface area contributed by atoms with Crippen LogP contribution in [0.1, 0.15) is 27.6 Å². The van der Waals surface area contributed by atoms with Crippen LogP contribution in [0.5, 0.6) is 0 Å². The molecule has 0 radical (unpaired) electrons. The molecule has 1 saturated heterocycles. The molecule has 10 nitrogen and oxygen atoms in total. The summed E-state index contributed by atoms with van der Waals surface area (Å²) in [6.07, 6.45) is 0. The molecule has 2 aromatic carbocycles. The summed E-state index contributed by atoms with van der Waals surface area (Å²) in [4.78, 5) is 37.0. The molecule has 0 atom stereocenters. The Morgan fingerprint density at radius 2 is 1.66 bits per heavy atom. The van der Waals surface area contributed by atoms with E-state index in [4.69, 9.17) is 16.3 Å². The van der Waals surface area contributed by atoms with E-state index in [0.29, 0.717) is 5.02 Å². The van der Waals surface area contributed by atoms with Gasteiger partial charge in [0.15, 0.2) is 0 Å². The third-order valence-electron chi connectivity index (χ3n) is 4.86. The van der Waals surface area contributed by atoms with Crippen molar-refractivity contribution in [3.8, 4) is 0 Å². The number of nitrogens with zero attached hydrogens (tertiary/aromatic N) is 3. The standard InChI is InChI=1S/C20H20ClN3O7S/c1-2-31-20(26)15-11-14(12-17(13-15)24(27)28)19(25)22-7-9-23(10-8-22)32(29,30)18-5-3-16(21)4-6-18/h3-6,11-13H,2,7-10H2,1H3. The van der Waals surface area contributed by atoms with E-state index in [-0.39, 0.29) is 48.8 Å². The second-order valence-corrected chi connectivity index (χ2v) is 9.27. The number of hydrogen-bond acceptors (Lipinski definition) is 7. The highest BCUT2D eigenvalue weighted by Gasteiger charge is 2.31. The molecule has 0 bridgehead atoms. The molecule has 2 aromatic rings. The fourth-order valence-corrected chi connectivity index (χ4v) is 4.79. The number of esters is 1. The average molecular weight is 482 g/mol. The number of benzene rings is 2. The minimum Gasteiger partial charge on any atom is -0.462 e. The first-order valence-electron chi connectivity index (χ1n) is 9.65. The maximum absolute atomic E-state index is 12.9. The summed E-state index contributed by atoms with van der Waals surface area (Å²) in [5.74, 6) is -1.31. The molecular weight excluding hydrogens is 462 g/mol. The van der Waals surface area contributed by atoms with Crippen LogP contribution in [0.15, 0.2) is 47.4 Å². The Bertz CT molecular complexity index is 1140. The first-order chi connectivity index (χ1) is 15.1. The van der Waals surface area contributed by atoms with Crippen LogP contribution >= 0.6 is 11.6 Å². The van der Waals surface area contributed by atoms with Crippen molar-refractivity contribution in [2.75, 3.05) is 32.8 Å². The third-order valence-corrected chi connectivity index (χ3v) is 7.03. The summed E-state index contributed by atoms with van der Waals surface area (Å²) in [5, 5.41) is 11.7. The zero-order chi connectivity index (χ0) is 23.5. The Morgan fingerprint density at radius 1 is 1.06 bits per heavy atom. The van der Waals surface area contributed by atoms with Crippen LogP contribution in [0.3, 0.4) is 0 Å². The Morgan fingerprint density at radius 3 is 2.22 bits per heavy atom. The summed E-state index contributed by atoms with van der Waals surface area (Å²) in [5.41, 5.74) is -0.563. The van der Waals surface area contributed by atoms with Crippen LogP contribution in [0, 0.1) is 10.1 Å². The minimum absolute atomic E-state index is 0.0451. The molecule has 1 heterocycles. The van der Waals surface area contributed by atoms with Crippen molar-refractivity contribution in [3.63, 3.8) is 0 Å². The van der Waals surface area contributed by atoms with Crippen molar-refractivity contribution in [1.82, 2.24) is 9.21 Å². The molecule has 0 saturated carbocycles. The van der Waals surface area contributed by atoms with E-state index in [0.717, 1.165) is 12.1 Å². The lowest BCUT2D eigenvalue weighted by Crippen LogP contribution is -2.50. The molecule has 12 heteroatoms. The summed E-state index contributed by atoms with van der Waals surface area (Å²) >= 11 is 5.81. The third kappa shape index (κ3) is 5.06. The highest BCUT2D eigenvalue weighted by Crippen LogP contribution is 2.23. The van der Waals surface area contributed by atoms with E-state index in [9.17, 15) is 28.1 Å². The molecule has 1 aliphatic rings. The normalized spacial score (nSPS) is 14.8. The number of ether oxygens (including phenoxy) is 1. The number of carbonyl (C=O) groups is 2. The van der Waals surface area contributed by atoms with Gasteiger partial charge in [-0.05, 0) is 37.3 Å². The van der Waals surface area contributed by atoms with Gasteiger partial charge in [0.25, 0.3) is 11.6 Å². The first kappa shape index (κ1) is 23.6. The van der Waals surface area contributed by atoms with Crippen molar-refractivity contribution in [2.45, 2.75) is 11.8 Å². The van der Waals surface area contributed by atoms with E-state index in [2.05, 4.69) is 0 Å². The maximum atomic E-state index is 12.9. The fraction of sp³-hybridized carbons (Fsp3) is 0.300. The van der Waals surface area contributed by atoms with Gasteiger partial charge in [-0.25, -0.2) is 13.2 Å². The number of piperazine rings is 1. The molecule has 0 N–H and O–H groups in total. The zero-order valence-corrected chi connectivity index (χ0v) is 18.6. The lowest BCUT2D eigenvalue weighted by molar-refractivity contribution is -0.384. The fourth-order valence-electron chi connectivity index (χ4n) is 3.24. The van der Waals surface area contributed by atoms with Crippen LogP contribution in [0.4, 0.5) is 5.69 Å². The number of sulfonamides is 1. The van der Waals surface area contributed by atoms with Crippen LogP contribution in [0.25, 0.3) is 0 Å². The van der Waals surface area contributed by atoms with Crippen molar-refractivity contribution in [3.05, 3.63) is 68.7 Å². The average Bonchev–Trinajstić information content (AvgIpc) is 2.78. The quantitative estimate of drug-likeness (QED) is 0.352. The molecule has 0 spiro atoms. The van der Waals surface area contributed by atoms with Crippen LogP contribution in [-0.2, 0) is 14.8 Å². The van der Waals surface area contributed by atoms with Gasteiger partial charge in [-0.15, -0.1) is 0 Å². The Kier molecular flexibility index (Phi) is 7.12. The monoisotopic (exact) mass is 481 g/mol. The first-order valence-corrected chi connectivity index (χ1v) is 11.5. The topological polar surface area (TPSA) is 127 Å². The summed E-state index contributed by atoms with van der Waals surface area (Å²) in [6.45, 7) is 1.95. The molecule has 0 unspecified atom stereocenters. The van der Waals surface area contributed by atoms with Gasteiger partial charge in [0.05, 0.1) is 22.0 Å². The summed E-state index contributed by atoms with van der Waals surface area (Å²) in [7, 11) is -3.75. The van der Waals surface area contributed by atoms with Crippen LogP contribution < -0.4 is 0 Å². The van der Waals surface area contributed by atoms with Crippen molar-refractivity contribution in [1.29, 1.82) is 0 Å². The van der Waals surface area contributed by atoms with Crippen LogP contribution in [0.2, 0.25) is 5.02 Å². The van der Waals surface area contributed by atoms with E-state index < -0.39 is 32.5 Å². The number of non-ortho nitro benzene ring substituents is 1. The molecular formula is C20H20ClN3O7S. The van der Waals surface area contributed by atoms with Gasteiger partial charge in [-0.3, -0.25) is 14.9 Å². The van der Waals surface area contributed by atoms with Gasteiger partial charge >= 0.3 is 5.97 Å². The number of hydrogen-bond donors (Lipinski definition) is 0. The number of halogens is 1. The smallest absolute Gasteiger partial charge is 0.338 e. The van der Waals surface area contributed by atoms with Gasteiger partial charge in [0.2, 0.25) is 10.0 Å². The van der Waals surface area contributed by atoms with Crippen LogP contribution in [-0.4, -0.2) is 67.2 Å². The number of nitro groups is 1. The van der Waals surface area contributed by atoms with E-state index >= 15 is 0 Å². The van der Waals surface area contributed by atoms with Crippen molar-refractivity contribution >= 4 is 39.2 Å². The van der Waals surface area contributed by atoms with Gasteiger partial charge < -0.3 is 9.64 Å². The number of carbonyl (C=O) groups excluding carboxylic acids is 2. The maximum Gasteiger partial charge on any atom is 0.338 e. The molecule has 1 aliphatic heterocycles. The van der Waals surface area contributed by atoms with Gasteiger partial charge in [0.1, 0.15) is 0 Å². The molecule has 1 amide bonds. The number of amides is 1. The highest BCUT2D eigenvalue weighted by molar-refractivity contribution is 7.89. The Balaban J connectivity index is 1.77. The highest BCUT2D eigenvalue weighted by atomic mass is 35.5. The zero-order valence-electron chi connectivity index (χ0n) is 17.1. The van der Waals surface area contributed by atoms with E-state index in [1.807, 2.05) is 0 Å². The minimum atomic E-state index is -3.75. The SMILES string of the molecule is CCOC(=O)c1cc(C(=O)N2CCN(S(=O)(=O)c3ccc(Cl)cc3)CC2)cc([N+](=O)[O-])c1. The van der Waals surface area contributed by atoms with Gasteiger partial charge in [0, 0.05) is 48.9 Å². The molecule has 170 valence electrons. The lowest BCUT2D eigenvalue weighted by atomic mass is 10.1. The van der Waals surface area contributed by atoms with Gasteiger partial charge in [-0.1, -0.05) is 11.6 Å². The van der Waals surface area contributed by atoms with E-state index in [1.54, 1.807) is 6.92 Å². The predicted octanol–water partition coefficient (Wildman–Crippen LogP) is 2.57. The molecule has 1 fully saturated rings. The van der Waals surface area contributed by atoms with Crippen molar-refractivity contribution < 1.29 is 27.7 Å². The molecule has 32 heavy (non-hydrogen) atoms. The summed E-state index contributed by atoms with van der Waals surface area (Å²) in [6, 6.07) is 9.16. The van der Waals surface area contributed by atoms with E-state index in [1.165, 1.54) is 39.5 Å².